The van der Waals surface area contributed by atoms with Crippen LogP contribution in [0, 0.1) is 5.92 Å². The highest BCUT2D eigenvalue weighted by Gasteiger charge is 2.11. The largest absolute Gasteiger partial charge is 0.316 e. The topological polar surface area (TPSA) is 12.0 Å². The molecule has 0 bridgehead atoms. The van der Waals surface area contributed by atoms with Crippen LogP contribution in [0.5, 0.6) is 0 Å². The molecule has 0 unspecified atom stereocenters. The van der Waals surface area contributed by atoms with Gasteiger partial charge in [-0.05, 0) is 25.4 Å². The maximum absolute atomic E-state index is 3.44. The zero-order valence-corrected chi connectivity index (χ0v) is 5.87. The third kappa shape index (κ3) is 1.42. The smallest absolute Gasteiger partial charge is 0.00722 e. The van der Waals surface area contributed by atoms with Crippen molar-refractivity contribution in [3.05, 3.63) is 0 Å². The van der Waals surface area contributed by atoms with E-state index in [4.69, 9.17) is 0 Å². The highest BCUT2D eigenvalue weighted by Crippen LogP contribution is 2.08. The Morgan fingerprint density at radius 2 is 2.57 bits per heavy atom. The standard InChI is InChI=1S/C5H10BrN/c6-3-5-1-2-7-4-5/h5,7H,1-4H2/t5-/m0/s1. The van der Waals surface area contributed by atoms with E-state index in [1.807, 2.05) is 0 Å². The van der Waals surface area contributed by atoms with Crippen LogP contribution < -0.4 is 5.32 Å². The molecule has 1 nitrogen and oxygen atoms in total. The molecular formula is C5H10BrN. The number of rotatable bonds is 1. The summed E-state index contributed by atoms with van der Waals surface area (Å²) in [6.07, 6.45) is 1.35. The SMILES string of the molecule is BrC[C@@H]1CCNC1. The van der Waals surface area contributed by atoms with Crippen molar-refractivity contribution >= 4 is 15.9 Å². The Bertz CT molecular complexity index is 50.0. The van der Waals surface area contributed by atoms with E-state index in [0.717, 1.165) is 5.92 Å². The van der Waals surface area contributed by atoms with Gasteiger partial charge in [0.2, 0.25) is 0 Å². The summed E-state index contributed by atoms with van der Waals surface area (Å²) in [6.45, 7) is 2.43. The molecule has 42 valence electrons. The monoisotopic (exact) mass is 163 g/mol. The van der Waals surface area contributed by atoms with E-state index in [1.54, 1.807) is 0 Å². The molecule has 1 aliphatic rings. The van der Waals surface area contributed by atoms with E-state index in [9.17, 15) is 0 Å². The fraction of sp³-hybridized carbons (Fsp3) is 1.00. The normalized spacial score (nSPS) is 31.3. The predicted octanol–water partition coefficient (Wildman–Crippen LogP) is 0.991. The van der Waals surface area contributed by atoms with Gasteiger partial charge in [0, 0.05) is 5.33 Å². The molecule has 1 N–H and O–H groups in total. The predicted molar refractivity (Wildman–Crippen MR) is 34.8 cm³/mol. The number of hydrogen-bond acceptors (Lipinski definition) is 1. The van der Waals surface area contributed by atoms with Crippen LogP contribution in [0.15, 0.2) is 0 Å². The van der Waals surface area contributed by atoms with Gasteiger partial charge < -0.3 is 5.32 Å². The molecule has 7 heavy (non-hydrogen) atoms. The van der Waals surface area contributed by atoms with Gasteiger partial charge in [-0.25, -0.2) is 0 Å². The second-order valence-electron chi connectivity index (χ2n) is 2.01. The first-order chi connectivity index (χ1) is 3.43. The Morgan fingerprint density at radius 1 is 1.71 bits per heavy atom. The molecule has 0 aromatic rings. The Hall–Kier alpha value is 0.440. The van der Waals surface area contributed by atoms with Crippen molar-refractivity contribution < 1.29 is 0 Å². The van der Waals surface area contributed by atoms with E-state index in [0.29, 0.717) is 0 Å². The molecule has 1 heterocycles. The zero-order chi connectivity index (χ0) is 5.11. The minimum Gasteiger partial charge on any atom is -0.316 e. The van der Waals surface area contributed by atoms with Gasteiger partial charge in [-0.3, -0.25) is 0 Å². The maximum atomic E-state index is 3.44. The molecule has 0 amide bonds. The minimum atomic E-state index is 0.903. The molecule has 1 fully saturated rings. The lowest BCUT2D eigenvalue weighted by atomic mass is 10.2. The molecule has 1 atom stereocenters. The van der Waals surface area contributed by atoms with Crippen LogP contribution in [-0.4, -0.2) is 18.4 Å². The number of halogens is 1. The summed E-state index contributed by atoms with van der Waals surface area (Å²) in [6, 6.07) is 0. The third-order valence-corrected chi connectivity index (χ3v) is 2.30. The van der Waals surface area contributed by atoms with Crippen molar-refractivity contribution in [2.75, 3.05) is 18.4 Å². The van der Waals surface area contributed by atoms with E-state index >= 15 is 0 Å². The lowest BCUT2D eigenvalue weighted by Crippen LogP contribution is -2.09. The van der Waals surface area contributed by atoms with E-state index in [1.165, 1.54) is 24.8 Å². The van der Waals surface area contributed by atoms with Gasteiger partial charge >= 0.3 is 0 Å². The Kier molecular flexibility index (Phi) is 2.13. The summed E-state index contributed by atoms with van der Waals surface area (Å²) in [5, 5.41) is 4.46. The van der Waals surface area contributed by atoms with Crippen LogP contribution in [-0.2, 0) is 0 Å². The zero-order valence-electron chi connectivity index (χ0n) is 4.28. The molecule has 0 saturated carbocycles. The Balaban J connectivity index is 2.14. The highest BCUT2D eigenvalue weighted by molar-refractivity contribution is 9.09. The van der Waals surface area contributed by atoms with Crippen molar-refractivity contribution in [2.24, 2.45) is 5.92 Å². The summed E-state index contributed by atoms with van der Waals surface area (Å²) in [7, 11) is 0. The van der Waals surface area contributed by atoms with Gasteiger partial charge in [0.15, 0.2) is 0 Å². The van der Waals surface area contributed by atoms with Crippen molar-refractivity contribution in [3.8, 4) is 0 Å². The molecule has 0 aliphatic carbocycles. The van der Waals surface area contributed by atoms with Crippen molar-refractivity contribution in [1.29, 1.82) is 0 Å². The summed E-state index contributed by atoms with van der Waals surface area (Å²) < 4.78 is 0. The van der Waals surface area contributed by atoms with Crippen LogP contribution in [0.25, 0.3) is 0 Å². The molecular weight excluding hydrogens is 154 g/mol. The Morgan fingerprint density at radius 3 is 2.86 bits per heavy atom. The van der Waals surface area contributed by atoms with Crippen LogP contribution in [0.1, 0.15) is 6.42 Å². The summed E-state index contributed by atoms with van der Waals surface area (Å²) in [5.41, 5.74) is 0. The van der Waals surface area contributed by atoms with Gasteiger partial charge in [-0.15, -0.1) is 0 Å². The molecule has 0 spiro atoms. The lowest BCUT2D eigenvalue weighted by Gasteiger charge is -1.97. The fourth-order valence-corrected chi connectivity index (χ4v) is 1.40. The molecule has 1 aliphatic heterocycles. The average molecular weight is 164 g/mol. The highest BCUT2D eigenvalue weighted by atomic mass is 79.9. The first kappa shape index (κ1) is 5.57. The first-order valence-corrected chi connectivity index (χ1v) is 3.82. The molecule has 0 aromatic heterocycles. The third-order valence-electron chi connectivity index (χ3n) is 1.38. The first-order valence-electron chi connectivity index (χ1n) is 2.70. The minimum absolute atomic E-state index is 0.903. The van der Waals surface area contributed by atoms with Gasteiger partial charge in [-0.1, -0.05) is 15.9 Å². The molecule has 0 aromatic carbocycles. The maximum Gasteiger partial charge on any atom is 0.00722 e. The fourth-order valence-electron chi connectivity index (χ4n) is 0.846. The molecule has 1 rings (SSSR count). The van der Waals surface area contributed by atoms with E-state index in [-0.39, 0.29) is 0 Å². The molecule has 0 radical (unpaired) electrons. The van der Waals surface area contributed by atoms with Crippen molar-refractivity contribution in [2.45, 2.75) is 6.42 Å². The van der Waals surface area contributed by atoms with Crippen LogP contribution in [0.2, 0.25) is 0 Å². The summed E-state index contributed by atoms with van der Waals surface area (Å²) in [5.74, 6) is 0.903. The van der Waals surface area contributed by atoms with Gasteiger partial charge in [0.25, 0.3) is 0 Å². The van der Waals surface area contributed by atoms with Gasteiger partial charge in [-0.2, -0.15) is 0 Å². The van der Waals surface area contributed by atoms with Crippen LogP contribution in [0.4, 0.5) is 0 Å². The second-order valence-corrected chi connectivity index (χ2v) is 2.66. The van der Waals surface area contributed by atoms with Crippen LogP contribution >= 0.6 is 15.9 Å². The van der Waals surface area contributed by atoms with Crippen LogP contribution in [0.3, 0.4) is 0 Å². The quantitative estimate of drug-likeness (QED) is 0.570. The summed E-state index contributed by atoms with van der Waals surface area (Å²) >= 11 is 3.44. The molecule has 1 saturated heterocycles. The van der Waals surface area contributed by atoms with Crippen molar-refractivity contribution in [3.63, 3.8) is 0 Å². The van der Waals surface area contributed by atoms with Gasteiger partial charge in [0.05, 0.1) is 0 Å². The lowest BCUT2D eigenvalue weighted by molar-refractivity contribution is 0.667. The number of alkyl halides is 1. The van der Waals surface area contributed by atoms with Crippen molar-refractivity contribution in [1.82, 2.24) is 5.32 Å². The second kappa shape index (κ2) is 2.68. The number of hydrogen-bond donors (Lipinski definition) is 1. The summed E-state index contributed by atoms with van der Waals surface area (Å²) in [4.78, 5) is 0. The van der Waals surface area contributed by atoms with E-state index < -0.39 is 0 Å². The van der Waals surface area contributed by atoms with E-state index in [2.05, 4.69) is 21.2 Å². The number of nitrogens with one attached hydrogen (secondary N) is 1. The molecule has 2 heteroatoms. The Labute approximate surface area is 52.6 Å². The average Bonchev–Trinajstić information content (AvgIpc) is 2.14. The van der Waals surface area contributed by atoms with Gasteiger partial charge in [0.1, 0.15) is 0 Å².